The number of rotatable bonds is 5. The standard InChI is InChI=1S/C21H15ClN2O3/c22-17-12-7-13-18(14-17)23-21(26)27-24-19(15-8-3-1-4-9-15)20(25)16-10-5-2-6-11-16/h1-14H,(H,23,26). The molecule has 3 aromatic carbocycles. The summed E-state index contributed by atoms with van der Waals surface area (Å²) in [5.74, 6) is -0.350. The van der Waals surface area contributed by atoms with Gasteiger partial charge in [0, 0.05) is 21.8 Å². The minimum atomic E-state index is -0.827. The highest BCUT2D eigenvalue weighted by atomic mass is 35.5. The van der Waals surface area contributed by atoms with Gasteiger partial charge in [0.1, 0.15) is 0 Å². The fraction of sp³-hybridized carbons (Fsp3) is 0. The van der Waals surface area contributed by atoms with Crippen LogP contribution in [-0.4, -0.2) is 17.6 Å². The average molecular weight is 379 g/mol. The topological polar surface area (TPSA) is 67.8 Å². The van der Waals surface area contributed by atoms with Crippen LogP contribution < -0.4 is 5.32 Å². The molecule has 0 radical (unpaired) electrons. The van der Waals surface area contributed by atoms with Crippen molar-refractivity contribution in [2.24, 2.45) is 5.16 Å². The van der Waals surface area contributed by atoms with Crippen LogP contribution in [0.15, 0.2) is 90.1 Å². The van der Waals surface area contributed by atoms with Crippen LogP contribution >= 0.6 is 11.6 Å². The quantitative estimate of drug-likeness (QED) is 0.288. The summed E-state index contributed by atoms with van der Waals surface area (Å²) in [5, 5.41) is 6.79. The van der Waals surface area contributed by atoms with Gasteiger partial charge in [-0.1, -0.05) is 83.5 Å². The number of carbonyl (C=O) groups is 2. The molecule has 1 N–H and O–H groups in total. The Morgan fingerprint density at radius 1 is 0.815 bits per heavy atom. The van der Waals surface area contributed by atoms with Crippen LogP contribution in [0.5, 0.6) is 0 Å². The molecule has 1 amide bonds. The molecule has 0 fully saturated rings. The van der Waals surface area contributed by atoms with Crippen LogP contribution in [0.2, 0.25) is 5.02 Å². The van der Waals surface area contributed by atoms with Crippen LogP contribution in [0.3, 0.4) is 0 Å². The van der Waals surface area contributed by atoms with Gasteiger partial charge in [-0.25, -0.2) is 4.79 Å². The number of hydrogen-bond acceptors (Lipinski definition) is 4. The van der Waals surface area contributed by atoms with Gasteiger partial charge in [-0.05, 0) is 18.2 Å². The number of benzene rings is 3. The molecule has 0 saturated heterocycles. The van der Waals surface area contributed by atoms with E-state index < -0.39 is 6.09 Å². The highest BCUT2D eigenvalue weighted by molar-refractivity contribution is 6.51. The third-order valence-electron chi connectivity index (χ3n) is 3.59. The zero-order chi connectivity index (χ0) is 19.1. The van der Waals surface area contributed by atoms with Crippen molar-refractivity contribution in [3.63, 3.8) is 0 Å². The Morgan fingerprint density at radius 2 is 1.44 bits per heavy atom. The molecule has 6 heteroatoms. The zero-order valence-electron chi connectivity index (χ0n) is 14.1. The van der Waals surface area contributed by atoms with Crippen molar-refractivity contribution in [3.8, 4) is 0 Å². The summed E-state index contributed by atoms with van der Waals surface area (Å²) in [6, 6.07) is 24.1. The molecular weight excluding hydrogens is 364 g/mol. The Bertz CT molecular complexity index is 973. The zero-order valence-corrected chi connectivity index (χ0v) is 14.9. The van der Waals surface area contributed by atoms with E-state index in [-0.39, 0.29) is 11.5 Å². The fourth-order valence-electron chi connectivity index (χ4n) is 2.34. The second-order valence-electron chi connectivity index (χ2n) is 5.52. The van der Waals surface area contributed by atoms with E-state index in [4.69, 9.17) is 16.4 Å². The summed E-state index contributed by atoms with van der Waals surface area (Å²) in [5.41, 5.74) is 1.47. The number of nitrogens with one attached hydrogen (secondary N) is 1. The number of Topliss-reactive ketones (excluding diaryl/α,β-unsaturated/α-hetero) is 1. The number of ketones is 1. The maximum absolute atomic E-state index is 12.8. The molecule has 0 heterocycles. The molecule has 0 unspecified atom stereocenters. The SMILES string of the molecule is O=C(Nc1cccc(Cl)c1)ON=C(C(=O)c1ccccc1)c1ccccc1. The van der Waals surface area contributed by atoms with Gasteiger partial charge >= 0.3 is 6.09 Å². The maximum Gasteiger partial charge on any atom is 0.437 e. The lowest BCUT2D eigenvalue weighted by Gasteiger charge is -2.07. The monoisotopic (exact) mass is 378 g/mol. The lowest BCUT2D eigenvalue weighted by atomic mass is 10.0. The van der Waals surface area contributed by atoms with E-state index in [1.807, 2.05) is 12.1 Å². The number of oxime groups is 1. The first-order valence-corrected chi connectivity index (χ1v) is 8.48. The summed E-state index contributed by atoms with van der Waals surface area (Å²) < 4.78 is 0. The Morgan fingerprint density at radius 3 is 2.07 bits per heavy atom. The predicted octanol–water partition coefficient (Wildman–Crippen LogP) is 5.18. The molecule has 0 aliphatic heterocycles. The molecule has 134 valence electrons. The Labute approximate surface area is 161 Å². The second-order valence-corrected chi connectivity index (χ2v) is 5.95. The van der Waals surface area contributed by atoms with Crippen LogP contribution in [0.1, 0.15) is 15.9 Å². The average Bonchev–Trinajstić information content (AvgIpc) is 2.69. The lowest BCUT2D eigenvalue weighted by molar-refractivity contribution is 0.106. The minimum absolute atomic E-state index is 0.0306. The number of nitrogens with zero attached hydrogens (tertiary/aromatic N) is 1. The molecule has 0 atom stereocenters. The van der Waals surface area contributed by atoms with Gasteiger partial charge in [0.05, 0.1) is 0 Å². The molecule has 0 bridgehead atoms. The normalized spacial score (nSPS) is 10.9. The Kier molecular flexibility index (Phi) is 5.97. The summed E-state index contributed by atoms with van der Waals surface area (Å²) >= 11 is 5.88. The van der Waals surface area contributed by atoms with E-state index in [0.717, 1.165) is 0 Å². The first-order valence-electron chi connectivity index (χ1n) is 8.10. The van der Waals surface area contributed by atoms with Gasteiger partial charge in [0.25, 0.3) is 0 Å². The van der Waals surface area contributed by atoms with Gasteiger partial charge < -0.3 is 0 Å². The number of anilines is 1. The van der Waals surface area contributed by atoms with Gasteiger partial charge in [-0.15, -0.1) is 0 Å². The molecule has 27 heavy (non-hydrogen) atoms. The van der Waals surface area contributed by atoms with Crippen molar-refractivity contribution >= 4 is 34.9 Å². The smallest absolute Gasteiger partial charge is 0.297 e. The first-order chi connectivity index (χ1) is 13.1. The fourth-order valence-corrected chi connectivity index (χ4v) is 2.53. The Hall–Kier alpha value is -3.44. The van der Waals surface area contributed by atoms with E-state index >= 15 is 0 Å². The van der Waals surface area contributed by atoms with E-state index in [2.05, 4.69) is 10.5 Å². The number of carbonyl (C=O) groups excluding carboxylic acids is 2. The number of hydrogen-bond donors (Lipinski definition) is 1. The van der Waals surface area contributed by atoms with E-state index in [1.165, 1.54) is 0 Å². The predicted molar refractivity (Wildman–Crippen MR) is 105 cm³/mol. The molecule has 0 spiro atoms. The van der Waals surface area contributed by atoms with Crippen molar-refractivity contribution in [2.75, 3.05) is 5.32 Å². The van der Waals surface area contributed by atoms with Crippen LogP contribution in [0, 0.1) is 0 Å². The van der Waals surface area contributed by atoms with Gasteiger partial charge in [0.2, 0.25) is 5.78 Å². The maximum atomic E-state index is 12.8. The number of amides is 1. The van der Waals surface area contributed by atoms with Crippen molar-refractivity contribution in [1.29, 1.82) is 0 Å². The number of halogens is 1. The lowest BCUT2D eigenvalue weighted by Crippen LogP contribution is -2.19. The third-order valence-corrected chi connectivity index (χ3v) is 3.82. The van der Waals surface area contributed by atoms with Crippen molar-refractivity contribution in [3.05, 3.63) is 101 Å². The molecule has 0 aliphatic carbocycles. The molecule has 3 rings (SSSR count). The molecule has 0 aliphatic rings. The summed E-state index contributed by atoms with van der Waals surface area (Å²) in [4.78, 5) is 29.7. The highest BCUT2D eigenvalue weighted by Gasteiger charge is 2.18. The van der Waals surface area contributed by atoms with Crippen molar-refractivity contribution in [2.45, 2.75) is 0 Å². The van der Waals surface area contributed by atoms with Crippen molar-refractivity contribution in [1.82, 2.24) is 0 Å². The van der Waals surface area contributed by atoms with Crippen LogP contribution in [0.25, 0.3) is 0 Å². The van der Waals surface area contributed by atoms with E-state index in [1.54, 1.807) is 72.8 Å². The van der Waals surface area contributed by atoms with Crippen molar-refractivity contribution < 1.29 is 14.4 Å². The molecule has 0 saturated carbocycles. The highest BCUT2D eigenvalue weighted by Crippen LogP contribution is 2.15. The second kappa shape index (κ2) is 8.78. The van der Waals surface area contributed by atoms with Gasteiger partial charge in [0.15, 0.2) is 5.71 Å². The van der Waals surface area contributed by atoms with E-state index in [0.29, 0.717) is 21.8 Å². The van der Waals surface area contributed by atoms with Gasteiger partial charge in [-0.3, -0.25) is 14.9 Å². The van der Waals surface area contributed by atoms with Crippen LogP contribution in [0.4, 0.5) is 10.5 Å². The first kappa shape index (κ1) is 18.4. The largest absolute Gasteiger partial charge is 0.437 e. The summed E-state index contributed by atoms with van der Waals surface area (Å²) in [6.45, 7) is 0. The molecule has 3 aromatic rings. The minimum Gasteiger partial charge on any atom is -0.297 e. The Balaban J connectivity index is 1.82. The molecular formula is C21H15ClN2O3. The summed E-state index contributed by atoms with van der Waals surface area (Å²) in [7, 11) is 0. The molecule has 5 nitrogen and oxygen atoms in total. The third kappa shape index (κ3) is 5.03. The van der Waals surface area contributed by atoms with E-state index in [9.17, 15) is 9.59 Å². The summed E-state index contributed by atoms with van der Waals surface area (Å²) in [6.07, 6.45) is -0.827. The molecule has 0 aromatic heterocycles. The van der Waals surface area contributed by atoms with Crippen LogP contribution in [-0.2, 0) is 4.84 Å². The van der Waals surface area contributed by atoms with Gasteiger partial charge in [-0.2, -0.15) is 0 Å².